The van der Waals surface area contributed by atoms with Crippen molar-refractivity contribution in [1.29, 1.82) is 0 Å². The Hall–Kier alpha value is -1.69. The molecule has 1 fully saturated rings. The molecule has 21 heavy (non-hydrogen) atoms. The highest BCUT2D eigenvalue weighted by Gasteiger charge is 2.69. The first-order chi connectivity index (χ1) is 9.64. The van der Waals surface area contributed by atoms with Crippen LogP contribution in [-0.2, 0) is 4.74 Å². The smallest absolute Gasteiger partial charge is 0.393 e. The summed E-state index contributed by atoms with van der Waals surface area (Å²) in [4.78, 5) is 14.9. The van der Waals surface area contributed by atoms with Gasteiger partial charge >= 0.3 is 11.9 Å². The standard InChI is InChI=1S/C10H12F3N3O5/c11-10(12,13)9(3-17)6(19)5(18)7(21-9)16-2-1-4(14)15-8(16)20/h1-2,5-7,17-19H,3H2,(H2,14,15,20). The van der Waals surface area contributed by atoms with Gasteiger partial charge < -0.3 is 25.8 Å². The van der Waals surface area contributed by atoms with Crippen LogP contribution in [0.15, 0.2) is 17.1 Å². The van der Waals surface area contributed by atoms with Crippen molar-refractivity contribution in [3.8, 4) is 0 Å². The van der Waals surface area contributed by atoms with Crippen LogP contribution >= 0.6 is 0 Å². The molecule has 0 bridgehead atoms. The summed E-state index contributed by atoms with van der Waals surface area (Å²) >= 11 is 0. The highest BCUT2D eigenvalue weighted by molar-refractivity contribution is 5.23. The number of nitrogens with two attached hydrogens (primary N) is 1. The van der Waals surface area contributed by atoms with Crippen molar-refractivity contribution in [2.24, 2.45) is 0 Å². The molecule has 0 spiro atoms. The molecule has 0 aromatic carbocycles. The zero-order chi connectivity index (χ0) is 16.0. The molecular formula is C10H12F3N3O5. The minimum atomic E-state index is -5.16. The van der Waals surface area contributed by atoms with Gasteiger partial charge in [0.05, 0.1) is 6.61 Å². The molecule has 11 heteroatoms. The second-order valence-corrected chi connectivity index (χ2v) is 4.53. The Balaban J connectivity index is 2.47. The summed E-state index contributed by atoms with van der Waals surface area (Å²) in [5, 5.41) is 28.3. The van der Waals surface area contributed by atoms with Crippen LogP contribution in [-0.4, -0.2) is 55.5 Å². The van der Waals surface area contributed by atoms with Crippen LogP contribution < -0.4 is 11.4 Å². The van der Waals surface area contributed by atoms with Gasteiger partial charge in [-0.25, -0.2) is 4.79 Å². The van der Waals surface area contributed by atoms with Gasteiger partial charge in [-0.2, -0.15) is 18.2 Å². The third-order valence-corrected chi connectivity index (χ3v) is 3.26. The molecular weight excluding hydrogens is 299 g/mol. The van der Waals surface area contributed by atoms with Gasteiger partial charge in [0.2, 0.25) is 5.60 Å². The van der Waals surface area contributed by atoms with Crippen LogP contribution in [0.1, 0.15) is 6.23 Å². The molecule has 4 unspecified atom stereocenters. The predicted octanol–water partition coefficient (Wildman–Crippen LogP) is -1.63. The van der Waals surface area contributed by atoms with Crippen LogP contribution in [0.3, 0.4) is 0 Å². The van der Waals surface area contributed by atoms with Crippen LogP contribution in [0.5, 0.6) is 0 Å². The minimum Gasteiger partial charge on any atom is -0.393 e. The fraction of sp³-hybridized carbons (Fsp3) is 0.600. The summed E-state index contributed by atoms with van der Waals surface area (Å²) in [6, 6.07) is 1.11. The number of rotatable bonds is 2. The molecule has 0 aliphatic carbocycles. The number of nitrogen functional groups attached to an aromatic ring is 1. The molecule has 118 valence electrons. The molecule has 1 aliphatic heterocycles. The van der Waals surface area contributed by atoms with E-state index in [0.29, 0.717) is 4.57 Å². The minimum absolute atomic E-state index is 0.173. The largest absolute Gasteiger partial charge is 0.422 e. The van der Waals surface area contributed by atoms with Gasteiger partial charge in [-0.05, 0) is 6.07 Å². The van der Waals surface area contributed by atoms with E-state index in [0.717, 1.165) is 12.3 Å². The number of halogens is 3. The summed E-state index contributed by atoms with van der Waals surface area (Å²) in [5.41, 5.74) is 0.781. The zero-order valence-electron chi connectivity index (χ0n) is 10.4. The lowest BCUT2D eigenvalue weighted by Crippen LogP contribution is -2.57. The maximum absolute atomic E-state index is 13.0. The lowest BCUT2D eigenvalue weighted by Gasteiger charge is -2.31. The Kier molecular flexibility index (Phi) is 3.70. The number of ether oxygens (including phenoxy) is 1. The van der Waals surface area contributed by atoms with E-state index in [1.54, 1.807) is 0 Å². The first-order valence-corrected chi connectivity index (χ1v) is 5.70. The van der Waals surface area contributed by atoms with Gasteiger partial charge in [-0.3, -0.25) is 4.57 Å². The average Bonchev–Trinajstić information content (AvgIpc) is 2.63. The first kappa shape index (κ1) is 15.7. The van der Waals surface area contributed by atoms with E-state index in [1.807, 2.05) is 0 Å². The van der Waals surface area contributed by atoms with E-state index in [9.17, 15) is 28.2 Å². The molecule has 2 heterocycles. The number of hydrogen-bond donors (Lipinski definition) is 4. The van der Waals surface area contributed by atoms with Gasteiger partial charge in [0.1, 0.15) is 18.0 Å². The summed E-state index contributed by atoms with van der Waals surface area (Å²) in [7, 11) is 0. The van der Waals surface area contributed by atoms with E-state index < -0.39 is 42.5 Å². The molecule has 4 atom stereocenters. The molecule has 2 rings (SSSR count). The third-order valence-electron chi connectivity index (χ3n) is 3.26. The number of aliphatic hydroxyl groups excluding tert-OH is 3. The van der Waals surface area contributed by atoms with Crippen molar-refractivity contribution < 1.29 is 33.2 Å². The molecule has 8 nitrogen and oxygen atoms in total. The Labute approximate surface area is 115 Å². The molecule has 0 radical (unpaired) electrons. The van der Waals surface area contributed by atoms with Crippen molar-refractivity contribution in [1.82, 2.24) is 9.55 Å². The number of anilines is 1. The first-order valence-electron chi connectivity index (χ1n) is 5.70. The molecule has 1 aromatic heterocycles. The highest BCUT2D eigenvalue weighted by Crippen LogP contribution is 2.46. The van der Waals surface area contributed by atoms with E-state index >= 15 is 0 Å². The molecule has 0 amide bonds. The summed E-state index contributed by atoms with van der Waals surface area (Å²) in [6.45, 7) is -1.62. The number of aromatic nitrogens is 2. The fourth-order valence-corrected chi connectivity index (χ4v) is 2.08. The van der Waals surface area contributed by atoms with Gasteiger partial charge in [0, 0.05) is 6.20 Å². The third kappa shape index (κ3) is 2.27. The zero-order valence-corrected chi connectivity index (χ0v) is 10.4. The lowest BCUT2D eigenvalue weighted by atomic mass is 9.95. The van der Waals surface area contributed by atoms with Crippen molar-refractivity contribution in [2.45, 2.75) is 30.2 Å². The second kappa shape index (κ2) is 4.94. The summed E-state index contributed by atoms with van der Waals surface area (Å²) < 4.78 is 44.2. The SMILES string of the molecule is Nc1ccn(C2OC(CO)(C(F)(F)F)C(O)C2O)c(=O)n1. The Morgan fingerprint density at radius 2 is 2.10 bits per heavy atom. The fourth-order valence-electron chi connectivity index (χ4n) is 2.08. The topological polar surface area (TPSA) is 131 Å². The molecule has 1 saturated heterocycles. The molecule has 5 N–H and O–H groups in total. The van der Waals surface area contributed by atoms with Gasteiger partial charge in [-0.1, -0.05) is 0 Å². The summed E-state index contributed by atoms with van der Waals surface area (Å²) in [5.74, 6) is -0.173. The molecule has 1 aromatic rings. The number of hydrogen-bond acceptors (Lipinski definition) is 7. The maximum Gasteiger partial charge on any atom is 0.422 e. The van der Waals surface area contributed by atoms with Crippen molar-refractivity contribution in [2.75, 3.05) is 12.3 Å². The monoisotopic (exact) mass is 311 g/mol. The van der Waals surface area contributed by atoms with Crippen molar-refractivity contribution >= 4 is 5.82 Å². The van der Waals surface area contributed by atoms with Crippen LogP contribution in [0.4, 0.5) is 19.0 Å². The van der Waals surface area contributed by atoms with Crippen molar-refractivity contribution in [3.05, 3.63) is 22.7 Å². The Morgan fingerprint density at radius 3 is 2.52 bits per heavy atom. The molecule has 0 saturated carbocycles. The van der Waals surface area contributed by atoms with Crippen LogP contribution in [0, 0.1) is 0 Å². The quantitative estimate of drug-likeness (QED) is 0.516. The maximum atomic E-state index is 13.0. The second-order valence-electron chi connectivity index (χ2n) is 4.53. The Morgan fingerprint density at radius 1 is 1.48 bits per heavy atom. The van der Waals surface area contributed by atoms with E-state index in [4.69, 9.17) is 10.8 Å². The van der Waals surface area contributed by atoms with Gasteiger partial charge in [0.25, 0.3) is 0 Å². The predicted molar refractivity (Wildman–Crippen MR) is 60.9 cm³/mol. The van der Waals surface area contributed by atoms with E-state index in [1.165, 1.54) is 0 Å². The molecule has 1 aliphatic rings. The van der Waals surface area contributed by atoms with Gasteiger partial charge in [-0.15, -0.1) is 0 Å². The van der Waals surface area contributed by atoms with E-state index in [2.05, 4.69) is 9.72 Å². The van der Waals surface area contributed by atoms with Crippen molar-refractivity contribution in [3.63, 3.8) is 0 Å². The number of nitrogens with zero attached hydrogens (tertiary/aromatic N) is 2. The van der Waals surface area contributed by atoms with Gasteiger partial charge in [0.15, 0.2) is 6.23 Å². The number of alkyl halides is 3. The lowest BCUT2D eigenvalue weighted by molar-refractivity contribution is -0.306. The van der Waals surface area contributed by atoms with Crippen LogP contribution in [0.2, 0.25) is 0 Å². The Bertz CT molecular complexity index is 592. The normalized spacial score (nSPS) is 33.3. The average molecular weight is 311 g/mol. The highest BCUT2D eigenvalue weighted by atomic mass is 19.4. The summed E-state index contributed by atoms with van der Waals surface area (Å²) in [6.07, 6.45) is -10.6. The van der Waals surface area contributed by atoms with Crippen LogP contribution in [0.25, 0.3) is 0 Å². The van der Waals surface area contributed by atoms with E-state index in [-0.39, 0.29) is 5.82 Å². The number of aliphatic hydroxyl groups is 3.